The van der Waals surface area contributed by atoms with E-state index in [9.17, 15) is 9.59 Å². The Balaban J connectivity index is 1.77. The zero-order valence-electron chi connectivity index (χ0n) is 16.3. The molecule has 0 fully saturated rings. The van der Waals surface area contributed by atoms with Gasteiger partial charge in [-0.15, -0.1) is 0 Å². The van der Waals surface area contributed by atoms with Crippen molar-refractivity contribution >= 4 is 33.4 Å². The second-order valence-electron chi connectivity index (χ2n) is 6.33. The minimum Gasteiger partial charge on any atom is -0.496 e. The van der Waals surface area contributed by atoms with Crippen molar-refractivity contribution in [1.82, 2.24) is 10.6 Å². The van der Waals surface area contributed by atoms with E-state index in [-0.39, 0.29) is 30.9 Å². The van der Waals surface area contributed by atoms with Crippen LogP contribution in [0.2, 0.25) is 0 Å². The summed E-state index contributed by atoms with van der Waals surface area (Å²) in [5.41, 5.74) is 2.86. The van der Waals surface area contributed by atoms with Gasteiger partial charge in [-0.1, -0.05) is 31.2 Å². The van der Waals surface area contributed by atoms with Crippen LogP contribution in [0, 0.1) is 0 Å². The number of aryl methyl sites for hydroxylation is 1. The van der Waals surface area contributed by atoms with Crippen LogP contribution in [-0.2, 0) is 16.0 Å². The molecule has 0 spiro atoms. The topological polar surface area (TPSA) is 79.5 Å². The minimum atomic E-state index is -0.249. The summed E-state index contributed by atoms with van der Waals surface area (Å²) in [6, 6.07) is 13.4. The average molecular weight is 448 g/mol. The number of rotatable bonds is 9. The molecule has 0 aliphatic heterocycles. The fourth-order valence-electron chi connectivity index (χ4n) is 2.70. The number of carbonyl (C=O) groups excluding carboxylic acids is 2. The molecule has 0 aromatic heterocycles. The van der Waals surface area contributed by atoms with E-state index in [1.165, 1.54) is 0 Å². The molecule has 2 aromatic rings. The number of methoxy groups -OCH3 is 1. The molecular formula is C21H26BrN3O3. The van der Waals surface area contributed by atoms with Crippen molar-refractivity contribution < 1.29 is 14.3 Å². The normalized spacial score (nSPS) is 11.6. The molecule has 6 nitrogen and oxygen atoms in total. The maximum atomic E-state index is 12.1. The first-order chi connectivity index (χ1) is 13.4. The number of para-hydroxylation sites is 1. The Kier molecular flexibility index (Phi) is 8.47. The highest BCUT2D eigenvalue weighted by Crippen LogP contribution is 2.27. The average Bonchev–Trinajstić information content (AvgIpc) is 2.70. The Bertz CT molecular complexity index is 826. The van der Waals surface area contributed by atoms with Crippen LogP contribution in [0.5, 0.6) is 5.75 Å². The van der Waals surface area contributed by atoms with E-state index < -0.39 is 0 Å². The number of nitrogens with one attached hydrogen (secondary N) is 3. The van der Waals surface area contributed by atoms with Crippen LogP contribution in [-0.4, -0.2) is 32.0 Å². The van der Waals surface area contributed by atoms with Gasteiger partial charge in [0.25, 0.3) is 0 Å². The molecule has 3 N–H and O–H groups in total. The van der Waals surface area contributed by atoms with Gasteiger partial charge in [-0.2, -0.15) is 0 Å². The maximum Gasteiger partial charge on any atom is 0.243 e. The third-order valence-corrected chi connectivity index (χ3v) is 4.98. The quantitative estimate of drug-likeness (QED) is 0.549. The second-order valence-corrected chi connectivity index (χ2v) is 7.19. The van der Waals surface area contributed by atoms with Gasteiger partial charge in [-0.25, -0.2) is 0 Å². The summed E-state index contributed by atoms with van der Waals surface area (Å²) in [5, 5.41) is 8.62. The van der Waals surface area contributed by atoms with Gasteiger partial charge in [0.1, 0.15) is 5.75 Å². The Morgan fingerprint density at radius 2 is 1.86 bits per heavy atom. The molecule has 2 amide bonds. The first-order valence-electron chi connectivity index (χ1n) is 9.15. The monoisotopic (exact) mass is 447 g/mol. The molecule has 0 saturated heterocycles. The molecule has 0 saturated carbocycles. The summed E-state index contributed by atoms with van der Waals surface area (Å²) in [4.78, 5) is 24.1. The van der Waals surface area contributed by atoms with Gasteiger partial charge >= 0.3 is 0 Å². The summed E-state index contributed by atoms with van der Waals surface area (Å²) in [5.74, 6) is 0.268. The summed E-state index contributed by atoms with van der Waals surface area (Å²) >= 11 is 3.46. The van der Waals surface area contributed by atoms with Gasteiger partial charge in [0.2, 0.25) is 11.8 Å². The Hall–Kier alpha value is -2.38. The lowest BCUT2D eigenvalue weighted by atomic mass is 10.1. The highest BCUT2D eigenvalue weighted by molar-refractivity contribution is 9.10. The lowest BCUT2D eigenvalue weighted by Gasteiger charge is -2.15. The van der Waals surface area contributed by atoms with Gasteiger partial charge in [-0.05, 0) is 58.6 Å². The first kappa shape index (κ1) is 21.9. The molecule has 2 rings (SSSR count). The number of benzene rings is 2. The SMILES string of the molecule is CCc1ccccc1NC(=O)CNC(=O)CNC(C)c1ccc(OC)c(Br)c1. The molecule has 28 heavy (non-hydrogen) atoms. The van der Waals surface area contributed by atoms with Crippen molar-refractivity contribution in [2.45, 2.75) is 26.3 Å². The van der Waals surface area contributed by atoms with E-state index in [1.807, 2.05) is 56.3 Å². The van der Waals surface area contributed by atoms with E-state index >= 15 is 0 Å². The molecule has 0 heterocycles. The van der Waals surface area contributed by atoms with E-state index in [2.05, 4.69) is 31.9 Å². The van der Waals surface area contributed by atoms with E-state index in [1.54, 1.807) is 7.11 Å². The Morgan fingerprint density at radius 1 is 1.11 bits per heavy atom. The lowest BCUT2D eigenvalue weighted by molar-refractivity contribution is -0.123. The van der Waals surface area contributed by atoms with Gasteiger partial charge in [-0.3, -0.25) is 9.59 Å². The third kappa shape index (κ3) is 6.35. The van der Waals surface area contributed by atoms with Gasteiger partial charge in [0, 0.05) is 11.7 Å². The van der Waals surface area contributed by atoms with Crippen LogP contribution >= 0.6 is 15.9 Å². The zero-order chi connectivity index (χ0) is 20.5. The van der Waals surface area contributed by atoms with Crippen LogP contribution < -0.4 is 20.7 Å². The third-order valence-electron chi connectivity index (χ3n) is 4.36. The van der Waals surface area contributed by atoms with Crippen LogP contribution in [0.4, 0.5) is 5.69 Å². The number of halogens is 1. The van der Waals surface area contributed by atoms with Crippen LogP contribution in [0.15, 0.2) is 46.9 Å². The Morgan fingerprint density at radius 3 is 2.54 bits per heavy atom. The molecule has 0 aliphatic carbocycles. The van der Waals surface area contributed by atoms with Crippen LogP contribution in [0.1, 0.15) is 31.0 Å². The molecule has 0 bridgehead atoms. The van der Waals surface area contributed by atoms with Crippen molar-refractivity contribution in [2.75, 3.05) is 25.5 Å². The number of amides is 2. The number of anilines is 1. The van der Waals surface area contributed by atoms with E-state index in [0.717, 1.165) is 33.5 Å². The van der Waals surface area contributed by atoms with Crippen LogP contribution in [0.25, 0.3) is 0 Å². The predicted octanol–water partition coefficient (Wildman–Crippen LogP) is 3.43. The molecule has 0 aliphatic rings. The van der Waals surface area contributed by atoms with Crippen molar-refractivity contribution in [1.29, 1.82) is 0 Å². The highest BCUT2D eigenvalue weighted by atomic mass is 79.9. The number of hydrogen-bond donors (Lipinski definition) is 3. The molecule has 1 atom stereocenters. The van der Waals surface area contributed by atoms with Crippen LogP contribution in [0.3, 0.4) is 0 Å². The summed E-state index contributed by atoms with van der Waals surface area (Å²) in [6.45, 7) is 4.04. The van der Waals surface area contributed by atoms with Crippen molar-refractivity contribution in [3.63, 3.8) is 0 Å². The largest absolute Gasteiger partial charge is 0.496 e. The minimum absolute atomic E-state index is 0.0294. The van der Waals surface area contributed by atoms with E-state index in [4.69, 9.17) is 4.74 Å². The standard InChI is InChI=1S/C21H26BrN3O3/c1-4-15-7-5-6-8-18(15)25-21(27)13-24-20(26)12-23-14(2)16-9-10-19(28-3)17(22)11-16/h5-11,14,23H,4,12-13H2,1-3H3,(H,24,26)(H,25,27). The fraction of sp³-hybridized carbons (Fsp3) is 0.333. The first-order valence-corrected chi connectivity index (χ1v) is 9.95. The maximum absolute atomic E-state index is 12.1. The molecular weight excluding hydrogens is 422 g/mol. The number of ether oxygens (including phenoxy) is 1. The van der Waals surface area contributed by atoms with Crippen molar-refractivity contribution in [2.24, 2.45) is 0 Å². The zero-order valence-corrected chi connectivity index (χ0v) is 17.9. The Labute approximate surface area is 174 Å². The molecule has 1 unspecified atom stereocenters. The predicted molar refractivity (Wildman–Crippen MR) is 115 cm³/mol. The fourth-order valence-corrected chi connectivity index (χ4v) is 3.26. The van der Waals surface area contributed by atoms with E-state index in [0.29, 0.717) is 0 Å². The van der Waals surface area contributed by atoms with Crippen molar-refractivity contribution in [3.8, 4) is 5.75 Å². The molecule has 0 radical (unpaired) electrons. The van der Waals surface area contributed by atoms with Crippen molar-refractivity contribution in [3.05, 3.63) is 58.1 Å². The lowest BCUT2D eigenvalue weighted by Crippen LogP contribution is -2.39. The number of carbonyl (C=O) groups is 2. The number of hydrogen-bond acceptors (Lipinski definition) is 4. The smallest absolute Gasteiger partial charge is 0.243 e. The summed E-state index contributed by atoms with van der Waals surface area (Å²) < 4.78 is 6.08. The molecule has 7 heteroatoms. The van der Waals surface area contributed by atoms with Gasteiger partial charge in [0.15, 0.2) is 0 Å². The van der Waals surface area contributed by atoms with Gasteiger partial charge in [0.05, 0.1) is 24.7 Å². The second kappa shape index (κ2) is 10.8. The molecule has 2 aromatic carbocycles. The molecule has 150 valence electrons. The van der Waals surface area contributed by atoms with Gasteiger partial charge < -0.3 is 20.7 Å². The highest BCUT2D eigenvalue weighted by Gasteiger charge is 2.11. The summed E-state index contributed by atoms with van der Waals surface area (Å²) in [7, 11) is 1.61. The summed E-state index contributed by atoms with van der Waals surface area (Å²) in [6.07, 6.45) is 0.825.